The highest BCUT2D eigenvalue weighted by Crippen LogP contribution is 1.84. The van der Waals surface area contributed by atoms with Gasteiger partial charge in [0.05, 0.1) is 6.26 Å². The molecule has 11 heavy (non-hydrogen) atoms. The van der Waals surface area contributed by atoms with E-state index in [1.807, 2.05) is 0 Å². The molecule has 1 heterocycles. The third kappa shape index (κ3) is 12.5. The molecule has 0 spiro atoms. The first-order chi connectivity index (χ1) is 4.89. The van der Waals surface area contributed by atoms with E-state index >= 15 is 0 Å². The van der Waals surface area contributed by atoms with Gasteiger partial charge < -0.3 is 0 Å². The lowest BCUT2D eigenvalue weighted by molar-refractivity contribution is 0.490. The van der Waals surface area contributed by atoms with Crippen LogP contribution in [0, 0.1) is 0 Å². The minimum absolute atomic E-state index is 0.440. The van der Waals surface area contributed by atoms with Crippen molar-refractivity contribution in [3.63, 3.8) is 0 Å². The van der Waals surface area contributed by atoms with Crippen molar-refractivity contribution in [3.8, 4) is 0 Å². The Labute approximate surface area is 68.4 Å². The van der Waals surface area contributed by atoms with E-state index in [0.717, 1.165) is 0 Å². The Morgan fingerprint density at radius 1 is 1.64 bits per heavy atom. The molecule has 0 saturated carbocycles. The van der Waals surface area contributed by atoms with Gasteiger partial charge in [-0.3, -0.25) is 4.55 Å². The maximum atomic E-state index is 9.19. The fourth-order valence-electron chi connectivity index (χ4n) is 0.154. The summed E-state index contributed by atoms with van der Waals surface area (Å²) in [4.78, 5) is 0. The van der Waals surface area contributed by atoms with Crippen molar-refractivity contribution in [3.05, 3.63) is 0 Å². The summed E-state index contributed by atoms with van der Waals surface area (Å²) in [6.45, 7) is 0. The van der Waals surface area contributed by atoms with E-state index in [1.54, 1.807) is 0 Å². The lowest BCUT2D eigenvalue weighted by Gasteiger charge is -1.69. The lowest BCUT2D eigenvalue weighted by Crippen LogP contribution is -1.88. The summed E-state index contributed by atoms with van der Waals surface area (Å²) in [5, 5.41) is 12.6. The minimum Gasteiger partial charge on any atom is -0.286 e. The number of hydrogen-bond donors (Lipinski definition) is 3. The first kappa shape index (κ1) is 10.3. The Kier molecular flexibility index (Phi) is 4.00. The lowest BCUT2D eigenvalue weighted by atomic mass is 11.4. The highest BCUT2D eigenvalue weighted by atomic mass is 32.2. The predicted molar refractivity (Wildman–Crippen MR) is 38.9 cm³/mol. The molecule has 0 aliphatic carbocycles. The number of hydrogen-bond acceptors (Lipinski definition) is 6. The van der Waals surface area contributed by atoms with Crippen molar-refractivity contribution in [1.82, 2.24) is 20.6 Å². The molecule has 2 N–H and O–H groups in total. The van der Waals surface area contributed by atoms with Gasteiger partial charge in [0, 0.05) is 0 Å². The normalized spacial score (nSPS) is 10.1. The van der Waals surface area contributed by atoms with E-state index in [4.69, 9.17) is 4.55 Å². The van der Waals surface area contributed by atoms with Crippen LogP contribution in [0.15, 0.2) is 5.16 Å². The Morgan fingerprint density at radius 2 is 2.09 bits per heavy atom. The predicted octanol–water partition coefficient (Wildman–Crippen LogP) is -1.01. The van der Waals surface area contributed by atoms with Crippen molar-refractivity contribution in [2.24, 2.45) is 0 Å². The topological polar surface area (TPSA) is 109 Å². The van der Waals surface area contributed by atoms with Gasteiger partial charge in [-0.1, -0.05) is 0 Å². The number of nitrogens with zero attached hydrogens (tertiary/aromatic N) is 3. The van der Waals surface area contributed by atoms with E-state index in [2.05, 4.69) is 33.3 Å². The Morgan fingerprint density at radius 3 is 2.18 bits per heavy atom. The third-order valence-corrected chi connectivity index (χ3v) is 0.524. The van der Waals surface area contributed by atoms with Crippen LogP contribution in [0.4, 0.5) is 0 Å². The maximum absolute atomic E-state index is 9.19. The van der Waals surface area contributed by atoms with Crippen molar-refractivity contribution in [1.29, 1.82) is 0 Å². The largest absolute Gasteiger partial charge is 0.286 e. The van der Waals surface area contributed by atoms with Gasteiger partial charge in [-0.2, -0.15) is 8.42 Å². The van der Waals surface area contributed by atoms with Crippen LogP contribution < -0.4 is 0 Å². The second-order valence-electron chi connectivity index (χ2n) is 1.46. The Hall–Kier alpha value is -0.670. The molecular weight excluding hydrogens is 192 g/mol. The average molecular weight is 198 g/mol. The zero-order valence-electron chi connectivity index (χ0n) is 5.46. The van der Waals surface area contributed by atoms with E-state index in [-0.39, 0.29) is 0 Å². The van der Waals surface area contributed by atoms with Crippen molar-refractivity contribution < 1.29 is 13.0 Å². The quantitative estimate of drug-likeness (QED) is 0.364. The zero-order valence-corrected chi connectivity index (χ0v) is 7.17. The fraction of sp³-hybridized carbons (Fsp3) is 0.500. The van der Waals surface area contributed by atoms with Crippen molar-refractivity contribution in [2.75, 3.05) is 6.26 Å². The zero-order chi connectivity index (χ0) is 8.91. The number of H-pyrrole nitrogens is 1. The summed E-state index contributed by atoms with van der Waals surface area (Å²) in [6, 6.07) is 0. The van der Waals surface area contributed by atoms with Crippen LogP contribution in [0.1, 0.15) is 0 Å². The molecule has 0 saturated heterocycles. The van der Waals surface area contributed by atoms with E-state index in [1.165, 1.54) is 0 Å². The van der Waals surface area contributed by atoms with Crippen LogP contribution in [0.5, 0.6) is 0 Å². The summed E-state index contributed by atoms with van der Waals surface area (Å²) in [5.41, 5.74) is 0. The summed E-state index contributed by atoms with van der Waals surface area (Å²) in [7, 11) is -3.67. The van der Waals surface area contributed by atoms with Crippen LogP contribution in [0.25, 0.3) is 0 Å². The molecule has 9 heteroatoms. The molecule has 0 amide bonds. The Balaban J connectivity index is 0.000000187. The van der Waals surface area contributed by atoms with Gasteiger partial charge in [0.15, 0.2) is 0 Å². The van der Waals surface area contributed by atoms with Gasteiger partial charge in [0.1, 0.15) is 0 Å². The number of aromatic amines is 1. The van der Waals surface area contributed by atoms with Gasteiger partial charge in [0.2, 0.25) is 5.16 Å². The van der Waals surface area contributed by atoms with Gasteiger partial charge in [-0.05, 0) is 10.4 Å². The number of rotatable bonds is 0. The molecule has 1 aromatic heterocycles. The third-order valence-electron chi connectivity index (χ3n) is 0.334. The molecule has 0 bridgehead atoms. The number of tetrazole rings is 1. The molecule has 0 unspecified atom stereocenters. The van der Waals surface area contributed by atoms with Gasteiger partial charge >= 0.3 is 0 Å². The van der Waals surface area contributed by atoms with Crippen LogP contribution >= 0.6 is 12.6 Å². The molecular formula is C2H6N4O3S2. The number of nitrogens with one attached hydrogen (secondary N) is 1. The SMILES string of the molecule is CS(=O)(=O)O.Sc1nnn[nH]1. The molecule has 0 aliphatic rings. The van der Waals surface area contributed by atoms with Crippen LogP contribution in [0.2, 0.25) is 0 Å². The van der Waals surface area contributed by atoms with E-state index in [9.17, 15) is 8.42 Å². The monoisotopic (exact) mass is 198 g/mol. The van der Waals surface area contributed by atoms with Crippen molar-refractivity contribution >= 4 is 22.7 Å². The highest BCUT2D eigenvalue weighted by Gasteiger charge is 1.81. The summed E-state index contributed by atoms with van der Waals surface area (Å²) < 4.78 is 25.9. The van der Waals surface area contributed by atoms with Gasteiger partial charge in [0.25, 0.3) is 10.1 Å². The summed E-state index contributed by atoms with van der Waals surface area (Å²) in [5.74, 6) is 0. The molecule has 0 aliphatic heterocycles. The molecule has 0 aromatic carbocycles. The van der Waals surface area contributed by atoms with Gasteiger partial charge in [-0.15, -0.1) is 17.7 Å². The fourth-order valence-corrected chi connectivity index (χ4v) is 0.239. The molecule has 1 aromatic rings. The second kappa shape index (κ2) is 4.26. The average Bonchev–Trinajstić information content (AvgIpc) is 2.12. The standard InChI is InChI=1S/CH2N4S.CH4O3S/c6-1-2-4-5-3-1;1-5(2,3)4/h(H2,2,3,4,5,6);1H3,(H,2,3,4). The van der Waals surface area contributed by atoms with E-state index < -0.39 is 10.1 Å². The number of aromatic nitrogens is 4. The van der Waals surface area contributed by atoms with Crippen molar-refractivity contribution in [2.45, 2.75) is 5.16 Å². The highest BCUT2D eigenvalue weighted by molar-refractivity contribution is 7.85. The smallest absolute Gasteiger partial charge is 0.261 e. The molecule has 0 atom stereocenters. The number of thiol groups is 1. The summed E-state index contributed by atoms with van der Waals surface area (Å²) >= 11 is 3.74. The molecule has 7 nitrogen and oxygen atoms in total. The van der Waals surface area contributed by atoms with Crippen LogP contribution in [0.3, 0.4) is 0 Å². The summed E-state index contributed by atoms with van der Waals surface area (Å²) in [6.07, 6.45) is 0.715. The second-order valence-corrected chi connectivity index (χ2v) is 3.35. The Bertz CT molecular complexity index is 270. The molecule has 64 valence electrons. The van der Waals surface area contributed by atoms with Crippen LogP contribution in [-0.2, 0) is 10.1 Å². The molecule has 1 rings (SSSR count). The minimum atomic E-state index is -3.67. The molecule has 0 radical (unpaired) electrons. The maximum Gasteiger partial charge on any atom is 0.261 e. The first-order valence-corrected chi connectivity index (χ1v) is 4.54. The van der Waals surface area contributed by atoms with Gasteiger partial charge in [-0.25, -0.2) is 5.10 Å². The molecule has 0 fully saturated rings. The first-order valence-electron chi connectivity index (χ1n) is 2.24. The van der Waals surface area contributed by atoms with E-state index in [0.29, 0.717) is 11.4 Å². The van der Waals surface area contributed by atoms with Crippen LogP contribution in [-0.4, -0.2) is 39.9 Å².